The Balaban J connectivity index is 1.71. The van der Waals surface area contributed by atoms with E-state index in [0.29, 0.717) is 13.0 Å². The van der Waals surface area contributed by atoms with Crippen LogP contribution in [0.15, 0.2) is 72.9 Å². The molecular formula is C62H108O14. The Morgan fingerprint density at radius 3 is 1.34 bits per heavy atom. The lowest BCUT2D eigenvalue weighted by molar-refractivity contribution is -0.332. The zero-order valence-electron chi connectivity index (χ0n) is 47.2. The van der Waals surface area contributed by atoms with E-state index >= 15 is 0 Å². The normalized spacial score (nSPS) is 25.0. The van der Waals surface area contributed by atoms with Crippen molar-refractivity contribution in [3.05, 3.63) is 72.9 Å². The van der Waals surface area contributed by atoms with Crippen LogP contribution < -0.4 is 0 Å². The van der Waals surface area contributed by atoms with Gasteiger partial charge in [0.1, 0.15) is 54.9 Å². The second kappa shape index (κ2) is 48.3. The number of carbonyl (C=O) groups is 1. The van der Waals surface area contributed by atoms with Crippen molar-refractivity contribution in [2.45, 2.75) is 280 Å². The fourth-order valence-electron chi connectivity index (χ4n) is 9.13. The molecule has 440 valence electrons. The lowest BCUT2D eigenvalue weighted by Crippen LogP contribution is -2.61. The molecule has 14 nitrogen and oxygen atoms in total. The van der Waals surface area contributed by atoms with Crippen LogP contribution in [-0.4, -0.2) is 142 Å². The highest BCUT2D eigenvalue weighted by molar-refractivity contribution is 5.69. The summed E-state index contributed by atoms with van der Waals surface area (Å²) in [5.74, 6) is -0.384. The summed E-state index contributed by atoms with van der Waals surface area (Å²) in [5, 5.41) is 72.4. The molecule has 2 fully saturated rings. The topological polar surface area (TPSA) is 214 Å². The van der Waals surface area contributed by atoms with Crippen molar-refractivity contribution in [1.29, 1.82) is 0 Å². The molecule has 7 N–H and O–H groups in total. The molecule has 0 saturated carbocycles. The number of aliphatic hydroxyl groups is 7. The van der Waals surface area contributed by atoms with Crippen LogP contribution in [0.1, 0.15) is 213 Å². The Morgan fingerprint density at radius 1 is 0.447 bits per heavy atom. The molecule has 0 aromatic carbocycles. The Labute approximate surface area is 459 Å². The van der Waals surface area contributed by atoms with Gasteiger partial charge in [0.2, 0.25) is 0 Å². The van der Waals surface area contributed by atoms with E-state index in [-0.39, 0.29) is 25.6 Å². The fraction of sp³-hybridized carbons (Fsp3) is 0.790. The highest BCUT2D eigenvalue weighted by atomic mass is 16.7. The first-order chi connectivity index (χ1) is 37.1. The monoisotopic (exact) mass is 1080 g/mol. The molecule has 2 aliphatic heterocycles. The van der Waals surface area contributed by atoms with Crippen molar-refractivity contribution in [2.24, 2.45) is 0 Å². The van der Waals surface area contributed by atoms with E-state index in [0.717, 1.165) is 83.5 Å². The number of carbonyl (C=O) groups excluding carboxylic acids is 1. The highest BCUT2D eigenvalue weighted by Crippen LogP contribution is 2.27. The molecule has 2 rings (SSSR count). The van der Waals surface area contributed by atoms with Crippen molar-refractivity contribution in [2.75, 3.05) is 33.0 Å². The van der Waals surface area contributed by atoms with Crippen LogP contribution in [0.5, 0.6) is 0 Å². The summed E-state index contributed by atoms with van der Waals surface area (Å²) in [6.45, 7) is 3.55. The van der Waals surface area contributed by atoms with Crippen LogP contribution in [-0.2, 0) is 33.2 Å². The predicted octanol–water partition coefficient (Wildman–Crippen LogP) is 11.0. The lowest BCUT2D eigenvalue weighted by atomic mass is 9.98. The molecule has 2 aliphatic rings. The number of hydrogen-bond acceptors (Lipinski definition) is 14. The van der Waals surface area contributed by atoms with Crippen LogP contribution in [0.4, 0.5) is 0 Å². The van der Waals surface area contributed by atoms with Gasteiger partial charge in [0.25, 0.3) is 0 Å². The minimum Gasteiger partial charge on any atom is -0.457 e. The number of unbranched alkanes of at least 4 members (excludes halogenated alkanes) is 22. The van der Waals surface area contributed by atoms with E-state index in [4.69, 9.17) is 28.4 Å². The predicted molar refractivity (Wildman–Crippen MR) is 302 cm³/mol. The van der Waals surface area contributed by atoms with Crippen LogP contribution >= 0.6 is 0 Å². The molecule has 0 aromatic rings. The minimum atomic E-state index is -1.71. The van der Waals surface area contributed by atoms with Crippen molar-refractivity contribution < 1.29 is 69.0 Å². The Hall–Kier alpha value is -2.57. The molecule has 11 unspecified atom stereocenters. The van der Waals surface area contributed by atoms with Gasteiger partial charge in [-0.1, -0.05) is 196 Å². The SMILES string of the molecule is CC/C=C\C/C=C\C/C=C\C/C=C\CCCCCCCCCCCCC(=O)OC(COCCCCCCCCCC/C=C\C/C=C\CCCCCC)COC1OC(COC2OC(CO)C(O)C(O)C2O)C(O)C(O)C1O. The molecular weight excluding hydrogens is 969 g/mol. The molecule has 14 heteroatoms. The molecule has 76 heavy (non-hydrogen) atoms. The molecule has 2 saturated heterocycles. The van der Waals surface area contributed by atoms with Gasteiger partial charge < -0.3 is 64.2 Å². The van der Waals surface area contributed by atoms with Crippen molar-refractivity contribution in [1.82, 2.24) is 0 Å². The number of hydrogen-bond donors (Lipinski definition) is 7. The van der Waals surface area contributed by atoms with E-state index < -0.39 is 80.7 Å². The van der Waals surface area contributed by atoms with E-state index in [1.165, 1.54) is 103 Å². The molecule has 0 amide bonds. The first-order valence-corrected chi connectivity index (χ1v) is 30.0. The van der Waals surface area contributed by atoms with Crippen LogP contribution in [0.2, 0.25) is 0 Å². The number of allylic oxidation sites excluding steroid dienone is 12. The van der Waals surface area contributed by atoms with E-state index in [1.54, 1.807) is 0 Å². The molecule has 11 atom stereocenters. The third-order valence-electron chi connectivity index (χ3n) is 13.9. The van der Waals surface area contributed by atoms with Crippen LogP contribution in [0.3, 0.4) is 0 Å². The standard InChI is InChI=1S/C62H108O14/c1-3-5-7-9-11-13-15-17-19-21-23-24-25-26-27-29-31-33-35-37-39-41-43-45-54(64)74-51(48-71-46-44-42-40-38-36-34-32-30-28-22-20-18-16-14-12-10-8-6-4-2)49-72-61-60(70)58(68)56(66)53(76-61)50-73-62-59(69)57(67)55(65)52(47-63)75-62/h5,7,11,13-14,16-17,19-20,22-24,51-53,55-63,65-70H,3-4,6,8-10,12,15,18,21,25-50H2,1-2H3/b7-5-,13-11-,16-14-,19-17-,22-20-,24-23-. The summed E-state index contributed by atoms with van der Waals surface area (Å²) in [7, 11) is 0. The third kappa shape index (κ3) is 34.4. The average molecular weight is 1080 g/mol. The van der Waals surface area contributed by atoms with Crippen molar-refractivity contribution >= 4 is 5.97 Å². The van der Waals surface area contributed by atoms with E-state index in [2.05, 4.69) is 86.8 Å². The Bertz CT molecular complexity index is 1530. The Kier molecular flexibility index (Phi) is 44.2. The van der Waals surface area contributed by atoms with Gasteiger partial charge in [0.15, 0.2) is 12.6 Å². The van der Waals surface area contributed by atoms with Crippen molar-refractivity contribution in [3.8, 4) is 0 Å². The summed E-state index contributed by atoms with van der Waals surface area (Å²) in [5.41, 5.74) is 0. The van der Waals surface area contributed by atoms with Gasteiger partial charge >= 0.3 is 5.97 Å². The molecule has 0 spiro atoms. The maximum Gasteiger partial charge on any atom is 0.306 e. The first kappa shape index (κ1) is 69.5. The molecule has 0 radical (unpaired) electrons. The summed E-state index contributed by atoms with van der Waals surface area (Å²) < 4.78 is 34.4. The van der Waals surface area contributed by atoms with E-state index in [9.17, 15) is 40.5 Å². The maximum atomic E-state index is 13.1. The maximum absolute atomic E-state index is 13.1. The highest BCUT2D eigenvalue weighted by Gasteiger charge is 2.47. The zero-order valence-corrected chi connectivity index (χ0v) is 47.2. The second-order valence-electron chi connectivity index (χ2n) is 20.8. The summed E-state index contributed by atoms with van der Waals surface area (Å²) in [6, 6.07) is 0. The number of rotatable bonds is 48. The van der Waals surface area contributed by atoms with Gasteiger partial charge in [-0.25, -0.2) is 0 Å². The Morgan fingerprint density at radius 2 is 0.855 bits per heavy atom. The zero-order chi connectivity index (χ0) is 55.1. The van der Waals surface area contributed by atoms with Crippen LogP contribution in [0.25, 0.3) is 0 Å². The summed E-state index contributed by atoms with van der Waals surface area (Å²) in [4.78, 5) is 13.1. The largest absolute Gasteiger partial charge is 0.457 e. The van der Waals surface area contributed by atoms with Gasteiger partial charge in [-0.05, 0) is 83.5 Å². The van der Waals surface area contributed by atoms with Gasteiger partial charge in [0, 0.05) is 13.0 Å². The average Bonchev–Trinajstić information content (AvgIpc) is 3.42. The molecule has 0 aliphatic carbocycles. The second-order valence-corrected chi connectivity index (χ2v) is 20.8. The van der Waals surface area contributed by atoms with Crippen LogP contribution in [0, 0.1) is 0 Å². The molecule has 2 heterocycles. The third-order valence-corrected chi connectivity index (χ3v) is 13.9. The van der Waals surface area contributed by atoms with Gasteiger partial charge in [-0.2, -0.15) is 0 Å². The molecule has 0 bridgehead atoms. The van der Waals surface area contributed by atoms with Gasteiger partial charge in [0.05, 0.1) is 26.4 Å². The summed E-state index contributed by atoms with van der Waals surface area (Å²) in [6.07, 6.45) is 45.2. The number of aliphatic hydroxyl groups excluding tert-OH is 7. The van der Waals surface area contributed by atoms with Gasteiger partial charge in [-0.15, -0.1) is 0 Å². The first-order valence-electron chi connectivity index (χ1n) is 30.0. The van der Waals surface area contributed by atoms with E-state index in [1.807, 2.05) is 0 Å². The summed E-state index contributed by atoms with van der Waals surface area (Å²) >= 11 is 0. The minimum absolute atomic E-state index is 0.0532. The quantitative estimate of drug-likeness (QED) is 0.0172. The molecule has 0 aromatic heterocycles. The smallest absolute Gasteiger partial charge is 0.306 e. The van der Waals surface area contributed by atoms with Gasteiger partial charge in [-0.3, -0.25) is 4.79 Å². The lowest BCUT2D eigenvalue weighted by Gasteiger charge is -2.42. The number of ether oxygens (including phenoxy) is 6. The van der Waals surface area contributed by atoms with Crippen molar-refractivity contribution in [3.63, 3.8) is 0 Å². The fourth-order valence-corrected chi connectivity index (χ4v) is 9.13. The number of esters is 1.